The van der Waals surface area contributed by atoms with Crippen LogP contribution in [0, 0.1) is 5.92 Å². The van der Waals surface area contributed by atoms with Crippen LogP contribution < -0.4 is 0 Å². The highest BCUT2D eigenvalue weighted by atomic mass is 32.3. The largest absolute Gasteiger partial charge is 0.445 e. The maximum Gasteiger partial charge on any atom is 0.410 e. The van der Waals surface area contributed by atoms with Crippen molar-refractivity contribution in [2.45, 2.75) is 152 Å². The van der Waals surface area contributed by atoms with Gasteiger partial charge in [0, 0.05) is 30.5 Å². The molecule has 82 heavy (non-hydrogen) atoms. The first-order valence-corrected chi connectivity index (χ1v) is 29.2. The van der Waals surface area contributed by atoms with Crippen LogP contribution in [0.25, 0.3) is 10.4 Å². The topological polar surface area (TPSA) is 302 Å². The van der Waals surface area contributed by atoms with Gasteiger partial charge in [-0.3, -0.25) is 4.55 Å². The number of nitrogens with zero attached hydrogens (tertiary/aromatic N) is 4. The average Bonchev–Trinajstić information content (AvgIpc) is 3.12. The number of rotatable bonds is 31. The number of carbonyl (C=O) groups excluding carboxylic acids is 1. The van der Waals surface area contributed by atoms with Gasteiger partial charge in [-0.15, -0.1) is 0 Å². The fraction of sp³-hybridized carbons (Fsp3) is 0.528. The molecule has 7 rings (SSSR count). The molecule has 0 spiro atoms. The van der Waals surface area contributed by atoms with E-state index in [4.69, 9.17) is 76.2 Å². The first kappa shape index (κ1) is 64.8. The highest BCUT2D eigenvalue weighted by Gasteiger charge is 2.56. The summed E-state index contributed by atoms with van der Waals surface area (Å²) < 4.78 is 102. The third-order valence-corrected chi connectivity index (χ3v) is 14.8. The summed E-state index contributed by atoms with van der Waals surface area (Å²) in [5, 5.41) is 32.0. The van der Waals surface area contributed by atoms with Crippen LogP contribution in [0.5, 0.6) is 0 Å². The molecule has 4 radical (unpaired) electrons. The van der Waals surface area contributed by atoms with E-state index < -0.39 is 123 Å². The van der Waals surface area contributed by atoms with Crippen molar-refractivity contribution < 1.29 is 99.5 Å². The van der Waals surface area contributed by atoms with Crippen molar-refractivity contribution in [1.82, 2.24) is 4.90 Å². The lowest BCUT2D eigenvalue weighted by Gasteiger charge is -2.50. The van der Waals surface area contributed by atoms with E-state index in [0.29, 0.717) is 37.9 Å². The van der Waals surface area contributed by atoms with Gasteiger partial charge in [0.05, 0.1) is 38.1 Å². The zero-order chi connectivity index (χ0) is 58.4. The van der Waals surface area contributed by atoms with Crippen molar-refractivity contribution in [3.05, 3.63) is 154 Å². The van der Waals surface area contributed by atoms with Crippen LogP contribution in [-0.2, 0) is 108 Å². The number of hydrogen-bond donors (Lipinski definition) is 3. The number of amides is 1. The van der Waals surface area contributed by atoms with Crippen molar-refractivity contribution in [2.24, 2.45) is 11.0 Å². The molecule has 15 atom stereocenters. The Morgan fingerprint density at radius 1 is 0.646 bits per heavy atom. The number of benzene rings is 4. The van der Waals surface area contributed by atoms with Gasteiger partial charge >= 0.3 is 16.5 Å². The Bertz CT molecular complexity index is 2660. The van der Waals surface area contributed by atoms with Crippen molar-refractivity contribution in [3.63, 3.8) is 0 Å². The van der Waals surface area contributed by atoms with Crippen molar-refractivity contribution >= 4 is 39.5 Å². The third kappa shape index (κ3) is 19.4. The van der Waals surface area contributed by atoms with E-state index in [1.165, 1.54) is 0 Å². The zero-order valence-corrected chi connectivity index (χ0v) is 47.0. The number of unbranched alkanes of at least 4 members (excludes halogenated alkanes) is 2. The fourth-order valence-corrected chi connectivity index (χ4v) is 10.5. The maximum absolute atomic E-state index is 13.4. The minimum atomic E-state index is -5.18. The predicted molar refractivity (Wildman–Crippen MR) is 290 cm³/mol. The molecule has 6 unspecified atom stereocenters. The van der Waals surface area contributed by atoms with Crippen molar-refractivity contribution in [1.29, 1.82) is 0 Å². The number of hydrogen-bond acceptors (Lipinski definition) is 21. The zero-order valence-electron chi connectivity index (χ0n) is 45.3. The van der Waals surface area contributed by atoms with E-state index in [2.05, 4.69) is 20.1 Å². The highest BCUT2D eigenvalue weighted by Crippen LogP contribution is 2.41. The summed E-state index contributed by atoms with van der Waals surface area (Å²) in [5.74, 6) is -0.422. The molecule has 3 fully saturated rings. The summed E-state index contributed by atoms with van der Waals surface area (Å²) >= 11 is 0. The van der Waals surface area contributed by atoms with E-state index in [9.17, 15) is 33.8 Å². The molecule has 0 aromatic heterocycles. The third-order valence-electron chi connectivity index (χ3n) is 13.8. The molecule has 3 saturated heterocycles. The minimum absolute atomic E-state index is 0.0684. The van der Waals surface area contributed by atoms with Gasteiger partial charge in [-0.05, 0) is 60.9 Å². The molecule has 3 heterocycles. The molecule has 0 saturated carbocycles. The van der Waals surface area contributed by atoms with Crippen LogP contribution in [0.2, 0.25) is 0 Å². The van der Waals surface area contributed by atoms with Gasteiger partial charge in [0.25, 0.3) is 0 Å². The van der Waals surface area contributed by atoms with Gasteiger partial charge in [-0.1, -0.05) is 151 Å². The smallest absolute Gasteiger partial charge is 0.410 e. The van der Waals surface area contributed by atoms with Gasteiger partial charge in [-0.2, -0.15) is 18.2 Å². The molecule has 1 amide bonds. The average molecular weight is 1180 g/mol. The second-order valence-electron chi connectivity index (χ2n) is 19.5. The van der Waals surface area contributed by atoms with Gasteiger partial charge in [0.2, 0.25) is 0 Å². The lowest BCUT2D eigenvalue weighted by atomic mass is 9.90. The van der Waals surface area contributed by atoms with E-state index in [1.807, 2.05) is 97.1 Å². The minimum Gasteiger partial charge on any atom is -0.445 e. The Kier molecular flexibility index (Phi) is 26.2. The lowest BCUT2D eigenvalue weighted by molar-refractivity contribution is -0.534. The quantitative estimate of drug-likeness (QED) is 0.00497. The Hall–Kier alpha value is -4.71. The number of azide groups is 1. The van der Waals surface area contributed by atoms with Crippen LogP contribution in [0.15, 0.2) is 126 Å². The van der Waals surface area contributed by atoms with Gasteiger partial charge in [-0.25, -0.2) is 19.5 Å². The summed E-state index contributed by atoms with van der Waals surface area (Å²) in [5.41, 5.74) is 13.4. The molecular formula is C53H67B2N4O21PS. The van der Waals surface area contributed by atoms with Crippen LogP contribution >= 0.6 is 7.91 Å². The van der Waals surface area contributed by atoms with E-state index >= 15 is 0 Å². The molecule has 3 aliphatic rings. The summed E-state index contributed by atoms with van der Waals surface area (Å²) in [7, 11) is 4.65. The molecule has 4 aromatic rings. The molecule has 25 nitrogen and oxygen atoms in total. The van der Waals surface area contributed by atoms with Gasteiger partial charge < -0.3 is 52.1 Å². The molecule has 0 aliphatic carbocycles. The molecule has 29 heteroatoms. The number of ether oxygens (including phenoxy) is 9. The Labute approximate surface area is 479 Å². The maximum atomic E-state index is 13.4. The molecule has 442 valence electrons. The molecule has 4 aromatic carbocycles. The summed E-state index contributed by atoms with van der Waals surface area (Å²) in [6.45, 7) is 5.08. The fourth-order valence-electron chi connectivity index (χ4n) is 9.65. The first-order chi connectivity index (χ1) is 39.7. The Morgan fingerprint density at radius 3 is 1.74 bits per heavy atom. The lowest BCUT2D eigenvalue weighted by Crippen LogP contribution is -2.66. The normalized spacial score (nSPS) is 28.5. The van der Waals surface area contributed by atoms with Gasteiger partial charge in [0.15, 0.2) is 31.1 Å². The molecular weight excluding hydrogens is 1110 g/mol. The monoisotopic (exact) mass is 1180 g/mol. The van der Waals surface area contributed by atoms with Crippen molar-refractivity contribution in [2.75, 3.05) is 19.8 Å². The SMILES string of the molecule is [B]P([B])O[C@@H]1C(N=[N+]=[N-])[C@@H](O[C@@H]2C(C)O[C@H](OCCCCCN(Cc3ccccc3)C(=O)OCc3ccccc3)C(OOO)[C@@H]2OCc2ccccc2)OC(COS(=O)(=O)O)[C@H]1O[C@@H]1OC(C)[C@@H](C)[C@@H](OCc2ccccc2)C1OOO. The molecule has 3 N–H and O–H groups in total. The van der Waals surface area contributed by atoms with Crippen LogP contribution in [-0.4, -0.2) is 155 Å². The molecule has 3 aliphatic heterocycles. The summed E-state index contributed by atoms with van der Waals surface area (Å²) in [6.07, 6.45) is -16.3. The van der Waals surface area contributed by atoms with Crippen LogP contribution in [0.4, 0.5) is 4.79 Å². The highest BCUT2D eigenvalue weighted by molar-refractivity contribution is 7.97. The van der Waals surface area contributed by atoms with Gasteiger partial charge in [0.1, 0.15) is 58.3 Å². The second kappa shape index (κ2) is 33.1. The first-order valence-electron chi connectivity index (χ1n) is 26.4. The van der Waals surface area contributed by atoms with Crippen LogP contribution in [0.3, 0.4) is 0 Å². The Morgan fingerprint density at radius 2 is 1.18 bits per heavy atom. The van der Waals surface area contributed by atoms with E-state index in [0.717, 1.165) is 16.7 Å². The van der Waals surface area contributed by atoms with Crippen molar-refractivity contribution in [3.8, 4) is 0 Å². The standard InChI is InChI=1S/C53H67B2N4O21PS/c1-34-35(2)71-52(48(76-79-61)43(34)67-30-38-21-11-5-12-22-38)75-45-41(33-70-82(63,64)65)73-50(42(57-58-56)46(45)78-81(54)55)74-44-36(3)72-51(49(77-80-62)47(44)68-31-39-23-13-6-14-24-39)66-28-18-8-17-27-59(29-37-19-9-4-10-20-37)53(60)69-32-40-25-15-7-16-26-40/h4-7,9-16,19-26,34-36,41-52,61-62H,8,17-18,27-33H2,1-3H3,(H,63,64,65)/t34-,35?,36?,41?,42?,43-,44-,45-,46-,47-,48?,49?,50-,51+,52+/m1/s1. The molecule has 0 bridgehead atoms. The second-order valence-corrected chi connectivity index (χ2v) is 21.6. The van der Waals surface area contributed by atoms with Crippen LogP contribution in [0.1, 0.15) is 62.3 Å². The Balaban J connectivity index is 1.10. The van der Waals surface area contributed by atoms with E-state index in [-0.39, 0.29) is 26.4 Å². The summed E-state index contributed by atoms with van der Waals surface area (Å²) in [6, 6.07) is 35.5. The summed E-state index contributed by atoms with van der Waals surface area (Å²) in [4.78, 5) is 28.8. The van der Waals surface area contributed by atoms with E-state index in [1.54, 1.807) is 49.9 Å². The predicted octanol–water partition coefficient (Wildman–Crippen LogP) is 7.83. The number of carbonyl (C=O) groups is 1.